The molecule has 0 bridgehead atoms. The van der Waals surface area contributed by atoms with Crippen molar-refractivity contribution in [3.63, 3.8) is 0 Å². The molecular formula is C14H14ClNO2S. The molecule has 0 aliphatic rings. The molecule has 0 saturated heterocycles. The fourth-order valence-corrected chi connectivity index (χ4v) is 2.47. The fraction of sp³-hybridized carbons (Fsp3) is 0.286. The maximum atomic E-state index is 10.7. The highest BCUT2D eigenvalue weighted by atomic mass is 35.5. The lowest BCUT2D eigenvalue weighted by molar-refractivity contribution is 0.112. The first-order valence-electron chi connectivity index (χ1n) is 5.80. The average molecular weight is 296 g/mol. The van der Waals surface area contributed by atoms with Crippen LogP contribution < -0.4 is 4.74 Å². The van der Waals surface area contributed by atoms with Gasteiger partial charge in [0.05, 0.1) is 0 Å². The van der Waals surface area contributed by atoms with Gasteiger partial charge in [-0.25, -0.2) is 0 Å². The summed E-state index contributed by atoms with van der Waals surface area (Å²) in [5.41, 5.74) is 1.22. The Bertz CT molecular complexity index is 602. The molecule has 1 heterocycles. The number of thiazole rings is 1. The number of halogens is 1. The predicted molar refractivity (Wildman–Crippen MR) is 77.7 cm³/mol. The Labute approximate surface area is 121 Å². The molecule has 0 radical (unpaired) electrons. The lowest BCUT2D eigenvalue weighted by Crippen LogP contribution is -2.10. The number of nitrogens with zero attached hydrogens (tertiary/aromatic N) is 1. The average Bonchev–Trinajstić information content (AvgIpc) is 2.68. The highest BCUT2D eigenvalue weighted by Crippen LogP contribution is 2.32. The van der Waals surface area contributed by atoms with Crippen LogP contribution in [-0.2, 0) is 5.41 Å². The van der Waals surface area contributed by atoms with Crippen LogP contribution in [0.1, 0.15) is 36.0 Å². The Morgan fingerprint density at radius 2 is 2.11 bits per heavy atom. The molecule has 2 rings (SSSR count). The van der Waals surface area contributed by atoms with Gasteiger partial charge in [-0.05, 0) is 23.1 Å². The molecule has 0 spiro atoms. The van der Waals surface area contributed by atoms with Gasteiger partial charge in [-0.2, -0.15) is 4.98 Å². The Hall–Kier alpha value is -1.39. The number of aldehydes is 1. The molecule has 19 heavy (non-hydrogen) atoms. The summed E-state index contributed by atoms with van der Waals surface area (Å²) >= 11 is 6.94. The molecule has 0 unspecified atom stereocenters. The topological polar surface area (TPSA) is 39.2 Å². The first kappa shape index (κ1) is 14.0. The van der Waals surface area contributed by atoms with Crippen LogP contribution in [0.2, 0.25) is 5.15 Å². The standard InChI is InChI=1S/C14H14ClNO2S/c1-14(2,3)9-5-4-6-10(7-9)18-13-16-12(15)11(8-17)19-13/h4-8H,1-3H3. The van der Waals surface area contributed by atoms with Crippen LogP contribution in [0.3, 0.4) is 0 Å². The molecule has 2 aromatic rings. The Kier molecular flexibility index (Phi) is 3.92. The van der Waals surface area contributed by atoms with Crippen molar-refractivity contribution in [2.24, 2.45) is 0 Å². The van der Waals surface area contributed by atoms with E-state index in [1.165, 1.54) is 5.56 Å². The summed E-state index contributed by atoms with van der Waals surface area (Å²) in [5.74, 6) is 0.690. The number of rotatable bonds is 3. The summed E-state index contributed by atoms with van der Waals surface area (Å²) in [6.07, 6.45) is 0.679. The highest BCUT2D eigenvalue weighted by Gasteiger charge is 2.15. The molecule has 0 N–H and O–H groups in total. The molecule has 3 nitrogen and oxygen atoms in total. The number of carbonyl (C=O) groups excluding carboxylic acids is 1. The molecule has 0 fully saturated rings. The van der Waals surface area contributed by atoms with Gasteiger partial charge in [-0.3, -0.25) is 4.79 Å². The minimum atomic E-state index is 0.0495. The van der Waals surface area contributed by atoms with E-state index in [4.69, 9.17) is 16.3 Å². The van der Waals surface area contributed by atoms with E-state index in [2.05, 4.69) is 31.8 Å². The van der Waals surface area contributed by atoms with E-state index in [9.17, 15) is 4.79 Å². The zero-order chi connectivity index (χ0) is 14.0. The summed E-state index contributed by atoms with van der Waals surface area (Å²) in [6, 6.07) is 7.81. The normalized spacial score (nSPS) is 11.4. The van der Waals surface area contributed by atoms with Crippen LogP contribution in [0, 0.1) is 0 Å². The first-order valence-corrected chi connectivity index (χ1v) is 6.99. The van der Waals surface area contributed by atoms with E-state index in [0.29, 0.717) is 22.1 Å². The van der Waals surface area contributed by atoms with Crippen molar-refractivity contribution in [2.45, 2.75) is 26.2 Å². The minimum absolute atomic E-state index is 0.0495. The zero-order valence-electron chi connectivity index (χ0n) is 10.9. The van der Waals surface area contributed by atoms with Crippen molar-refractivity contribution in [1.82, 2.24) is 4.98 Å². The molecule has 1 aromatic carbocycles. The van der Waals surface area contributed by atoms with E-state index in [1.807, 2.05) is 18.2 Å². The van der Waals surface area contributed by atoms with Crippen LogP contribution in [-0.4, -0.2) is 11.3 Å². The SMILES string of the molecule is CC(C)(C)c1cccc(Oc2nc(Cl)c(C=O)s2)c1. The lowest BCUT2D eigenvalue weighted by atomic mass is 9.87. The first-order chi connectivity index (χ1) is 8.90. The van der Waals surface area contributed by atoms with E-state index in [0.717, 1.165) is 11.3 Å². The van der Waals surface area contributed by atoms with Gasteiger partial charge >= 0.3 is 0 Å². The molecule has 100 valence electrons. The third-order valence-electron chi connectivity index (χ3n) is 2.60. The van der Waals surface area contributed by atoms with Crippen LogP contribution in [0.4, 0.5) is 0 Å². The van der Waals surface area contributed by atoms with E-state index >= 15 is 0 Å². The number of ether oxygens (including phenoxy) is 1. The summed E-state index contributed by atoms with van der Waals surface area (Å²) < 4.78 is 5.64. The monoisotopic (exact) mass is 295 g/mol. The van der Waals surface area contributed by atoms with E-state index in [-0.39, 0.29) is 10.6 Å². The number of hydrogen-bond donors (Lipinski definition) is 0. The van der Waals surface area contributed by atoms with E-state index in [1.54, 1.807) is 0 Å². The van der Waals surface area contributed by atoms with Crippen molar-refractivity contribution in [3.05, 3.63) is 39.9 Å². The second kappa shape index (κ2) is 5.31. The van der Waals surface area contributed by atoms with Crippen molar-refractivity contribution in [3.8, 4) is 10.9 Å². The van der Waals surface area contributed by atoms with Crippen molar-refractivity contribution < 1.29 is 9.53 Å². The number of hydrogen-bond acceptors (Lipinski definition) is 4. The summed E-state index contributed by atoms with van der Waals surface area (Å²) in [6.45, 7) is 6.41. The maximum Gasteiger partial charge on any atom is 0.280 e. The van der Waals surface area contributed by atoms with E-state index < -0.39 is 0 Å². The molecule has 0 amide bonds. The second-order valence-electron chi connectivity index (χ2n) is 5.13. The summed E-state index contributed by atoms with van der Waals surface area (Å²) in [5, 5.41) is 0.556. The molecule has 0 aliphatic carbocycles. The van der Waals surface area contributed by atoms with Crippen LogP contribution in [0.15, 0.2) is 24.3 Å². The number of benzene rings is 1. The maximum absolute atomic E-state index is 10.7. The zero-order valence-corrected chi connectivity index (χ0v) is 12.5. The molecule has 0 atom stereocenters. The quantitative estimate of drug-likeness (QED) is 0.771. The predicted octanol–water partition coefficient (Wildman–Crippen LogP) is 4.70. The summed E-state index contributed by atoms with van der Waals surface area (Å²) in [7, 11) is 0. The van der Waals surface area contributed by atoms with Crippen LogP contribution in [0.25, 0.3) is 0 Å². The largest absolute Gasteiger partial charge is 0.431 e. The third kappa shape index (κ3) is 3.33. The van der Waals surface area contributed by atoms with Gasteiger partial charge in [0, 0.05) is 0 Å². The summed E-state index contributed by atoms with van der Waals surface area (Å²) in [4.78, 5) is 15.1. The lowest BCUT2D eigenvalue weighted by Gasteiger charge is -2.19. The van der Waals surface area contributed by atoms with Gasteiger partial charge in [0.2, 0.25) is 0 Å². The van der Waals surface area contributed by atoms with Gasteiger partial charge in [-0.1, -0.05) is 55.8 Å². The highest BCUT2D eigenvalue weighted by molar-refractivity contribution is 7.15. The van der Waals surface area contributed by atoms with Gasteiger partial charge in [0.25, 0.3) is 5.19 Å². The van der Waals surface area contributed by atoms with Crippen molar-refractivity contribution in [2.75, 3.05) is 0 Å². The molecular weight excluding hydrogens is 282 g/mol. The van der Waals surface area contributed by atoms with Gasteiger partial charge in [-0.15, -0.1) is 0 Å². The second-order valence-corrected chi connectivity index (χ2v) is 6.48. The van der Waals surface area contributed by atoms with Crippen molar-refractivity contribution >= 4 is 29.2 Å². The smallest absolute Gasteiger partial charge is 0.280 e. The Morgan fingerprint density at radius 3 is 2.68 bits per heavy atom. The fourth-order valence-electron chi connectivity index (χ4n) is 1.54. The number of aromatic nitrogens is 1. The third-order valence-corrected chi connectivity index (χ3v) is 3.86. The van der Waals surface area contributed by atoms with Crippen LogP contribution in [0.5, 0.6) is 10.9 Å². The van der Waals surface area contributed by atoms with Gasteiger partial charge in [0.15, 0.2) is 11.4 Å². The molecule has 5 heteroatoms. The molecule has 0 saturated carbocycles. The van der Waals surface area contributed by atoms with Crippen molar-refractivity contribution in [1.29, 1.82) is 0 Å². The van der Waals surface area contributed by atoms with Crippen LogP contribution >= 0.6 is 22.9 Å². The minimum Gasteiger partial charge on any atom is -0.431 e. The Balaban J connectivity index is 2.25. The number of carbonyl (C=O) groups is 1. The Morgan fingerprint density at radius 1 is 1.37 bits per heavy atom. The van der Waals surface area contributed by atoms with Gasteiger partial charge in [0.1, 0.15) is 10.6 Å². The molecule has 1 aromatic heterocycles. The molecule has 0 aliphatic heterocycles. The van der Waals surface area contributed by atoms with Gasteiger partial charge < -0.3 is 4.74 Å².